The lowest BCUT2D eigenvalue weighted by molar-refractivity contribution is 0.0919. The van der Waals surface area contributed by atoms with Crippen LogP contribution in [0.4, 0.5) is 0 Å². The van der Waals surface area contributed by atoms with Crippen LogP contribution in [0.25, 0.3) is 11.0 Å². The molecular formula is C13H15NO2. The van der Waals surface area contributed by atoms with E-state index in [2.05, 4.69) is 5.32 Å². The van der Waals surface area contributed by atoms with Crippen LogP contribution >= 0.6 is 0 Å². The zero-order chi connectivity index (χ0) is 11.8. The van der Waals surface area contributed by atoms with Crippen LogP contribution < -0.4 is 5.32 Å². The molecule has 0 bridgehead atoms. The summed E-state index contributed by atoms with van der Waals surface area (Å²) in [7, 11) is 0. The van der Waals surface area contributed by atoms with Crippen LogP contribution in [0.15, 0.2) is 34.9 Å². The fourth-order valence-corrected chi connectivity index (χ4v) is 1.52. The summed E-state index contributed by atoms with van der Waals surface area (Å²) < 4.78 is 5.22. The summed E-state index contributed by atoms with van der Waals surface area (Å²) in [6.07, 6.45) is 1.62. The van der Waals surface area contributed by atoms with Gasteiger partial charge in [-0.1, -0.05) is 0 Å². The van der Waals surface area contributed by atoms with E-state index >= 15 is 0 Å². The number of furan rings is 1. The first kappa shape index (κ1) is 10.7. The zero-order valence-corrected chi connectivity index (χ0v) is 9.70. The second kappa shape index (κ2) is 3.67. The molecule has 3 heteroatoms. The molecule has 16 heavy (non-hydrogen) atoms. The van der Waals surface area contributed by atoms with Gasteiger partial charge in [0.25, 0.3) is 5.91 Å². The Kier molecular flexibility index (Phi) is 2.46. The van der Waals surface area contributed by atoms with Crippen molar-refractivity contribution >= 4 is 16.9 Å². The minimum absolute atomic E-state index is 0.0596. The van der Waals surface area contributed by atoms with Gasteiger partial charge in [-0.05, 0) is 45.0 Å². The average Bonchev–Trinajstić information content (AvgIpc) is 2.61. The standard InChI is InChI=1S/C13H15NO2/c1-13(2,3)14-12(15)10-4-5-11-9(8-10)6-7-16-11/h4-8H,1-3H3,(H,14,15). The van der Waals surface area contributed by atoms with Crippen molar-refractivity contribution in [2.24, 2.45) is 0 Å². The van der Waals surface area contributed by atoms with E-state index in [0.29, 0.717) is 5.56 Å². The van der Waals surface area contributed by atoms with E-state index in [1.807, 2.05) is 39.0 Å². The number of carbonyl (C=O) groups excluding carboxylic acids is 1. The predicted octanol–water partition coefficient (Wildman–Crippen LogP) is 2.96. The Balaban J connectivity index is 2.29. The summed E-state index contributed by atoms with van der Waals surface area (Å²) >= 11 is 0. The molecule has 0 radical (unpaired) electrons. The molecule has 0 fully saturated rings. The van der Waals surface area contributed by atoms with Crippen molar-refractivity contribution in [3.8, 4) is 0 Å². The van der Waals surface area contributed by atoms with Crippen LogP contribution in [0.1, 0.15) is 31.1 Å². The minimum atomic E-state index is -0.220. The van der Waals surface area contributed by atoms with E-state index in [1.54, 1.807) is 12.3 Å². The third-order valence-corrected chi connectivity index (χ3v) is 2.20. The van der Waals surface area contributed by atoms with Crippen LogP contribution in [0.2, 0.25) is 0 Å². The quantitative estimate of drug-likeness (QED) is 0.798. The highest BCUT2D eigenvalue weighted by Crippen LogP contribution is 2.17. The van der Waals surface area contributed by atoms with E-state index in [-0.39, 0.29) is 11.4 Å². The molecular weight excluding hydrogens is 202 g/mol. The Morgan fingerprint density at radius 2 is 2.00 bits per heavy atom. The number of hydrogen-bond acceptors (Lipinski definition) is 2. The van der Waals surface area contributed by atoms with Gasteiger partial charge < -0.3 is 9.73 Å². The molecule has 2 aromatic rings. The van der Waals surface area contributed by atoms with Gasteiger partial charge in [-0.2, -0.15) is 0 Å². The van der Waals surface area contributed by atoms with Crippen LogP contribution in [0.5, 0.6) is 0 Å². The number of rotatable bonds is 1. The van der Waals surface area contributed by atoms with Gasteiger partial charge in [-0.25, -0.2) is 0 Å². The second-order valence-corrected chi connectivity index (χ2v) is 4.88. The fraction of sp³-hybridized carbons (Fsp3) is 0.308. The Morgan fingerprint density at radius 1 is 1.25 bits per heavy atom. The lowest BCUT2D eigenvalue weighted by atomic mass is 10.1. The number of benzene rings is 1. The topological polar surface area (TPSA) is 42.2 Å². The molecule has 0 aliphatic rings. The van der Waals surface area contributed by atoms with E-state index in [4.69, 9.17) is 4.42 Å². The van der Waals surface area contributed by atoms with Crippen LogP contribution in [-0.4, -0.2) is 11.4 Å². The molecule has 1 aromatic heterocycles. The third-order valence-electron chi connectivity index (χ3n) is 2.20. The van der Waals surface area contributed by atoms with Gasteiger partial charge in [-0.15, -0.1) is 0 Å². The molecule has 0 saturated carbocycles. The highest BCUT2D eigenvalue weighted by atomic mass is 16.3. The Hall–Kier alpha value is -1.77. The monoisotopic (exact) mass is 217 g/mol. The van der Waals surface area contributed by atoms with E-state index in [1.165, 1.54) is 0 Å². The van der Waals surface area contributed by atoms with Crippen molar-refractivity contribution in [2.75, 3.05) is 0 Å². The van der Waals surface area contributed by atoms with Crippen LogP contribution in [0.3, 0.4) is 0 Å². The minimum Gasteiger partial charge on any atom is -0.464 e. The highest BCUT2D eigenvalue weighted by molar-refractivity contribution is 5.98. The number of carbonyl (C=O) groups is 1. The van der Waals surface area contributed by atoms with Gasteiger partial charge in [0.1, 0.15) is 5.58 Å². The third kappa shape index (κ3) is 2.24. The number of fused-ring (bicyclic) bond motifs is 1. The average molecular weight is 217 g/mol. The van der Waals surface area contributed by atoms with Gasteiger partial charge in [0.2, 0.25) is 0 Å². The summed E-state index contributed by atoms with van der Waals surface area (Å²) in [5.74, 6) is -0.0596. The van der Waals surface area contributed by atoms with Gasteiger partial charge >= 0.3 is 0 Å². The molecule has 0 atom stereocenters. The second-order valence-electron chi connectivity index (χ2n) is 4.88. The SMILES string of the molecule is CC(C)(C)NC(=O)c1ccc2occc2c1. The van der Waals surface area contributed by atoms with Gasteiger partial charge in [0.05, 0.1) is 6.26 Å². The number of nitrogens with one attached hydrogen (secondary N) is 1. The highest BCUT2D eigenvalue weighted by Gasteiger charge is 2.15. The Labute approximate surface area is 94.4 Å². The summed E-state index contributed by atoms with van der Waals surface area (Å²) in [6, 6.07) is 7.27. The predicted molar refractivity (Wildman–Crippen MR) is 63.4 cm³/mol. The molecule has 0 aliphatic carbocycles. The normalized spacial score (nSPS) is 11.7. The van der Waals surface area contributed by atoms with Crippen molar-refractivity contribution < 1.29 is 9.21 Å². The summed E-state index contributed by atoms with van der Waals surface area (Å²) in [5.41, 5.74) is 1.23. The van der Waals surface area contributed by atoms with Crippen molar-refractivity contribution in [1.29, 1.82) is 0 Å². The van der Waals surface area contributed by atoms with Gasteiger partial charge in [0, 0.05) is 16.5 Å². The number of hydrogen-bond donors (Lipinski definition) is 1. The molecule has 0 unspecified atom stereocenters. The molecule has 1 N–H and O–H groups in total. The molecule has 1 aromatic carbocycles. The molecule has 0 aliphatic heterocycles. The first-order valence-corrected chi connectivity index (χ1v) is 5.25. The summed E-state index contributed by atoms with van der Waals surface area (Å²) in [4.78, 5) is 11.9. The maximum atomic E-state index is 11.9. The fourth-order valence-electron chi connectivity index (χ4n) is 1.52. The van der Waals surface area contributed by atoms with Crippen molar-refractivity contribution in [2.45, 2.75) is 26.3 Å². The Bertz CT molecular complexity index is 520. The Morgan fingerprint density at radius 3 is 2.69 bits per heavy atom. The zero-order valence-electron chi connectivity index (χ0n) is 9.70. The van der Waals surface area contributed by atoms with Gasteiger partial charge in [-0.3, -0.25) is 4.79 Å². The van der Waals surface area contributed by atoms with Crippen molar-refractivity contribution in [1.82, 2.24) is 5.32 Å². The van der Waals surface area contributed by atoms with Crippen LogP contribution in [0, 0.1) is 0 Å². The van der Waals surface area contributed by atoms with Crippen molar-refractivity contribution in [3.63, 3.8) is 0 Å². The van der Waals surface area contributed by atoms with E-state index in [0.717, 1.165) is 11.0 Å². The summed E-state index contributed by atoms with van der Waals surface area (Å²) in [6.45, 7) is 5.88. The molecule has 2 rings (SSSR count). The smallest absolute Gasteiger partial charge is 0.251 e. The molecule has 0 spiro atoms. The lowest BCUT2D eigenvalue weighted by Gasteiger charge is -2.20. The molecule has 84 valence electrons. The van der Waals surface area contributed by atoms with Crippen molar-refractivity contribution in [3.05, 3.63) is 36.1 Å². The van der Waals surface area contributed by atoms with E-state index in [9.17, 15) is 4.79 Å². The lowest BCUT2D eigenvalue weighted by Crippen LogP contribution is -2.40. The largest absolute Gasteiger partial charge is 0.464 e. The summed E-state index contributed by atoms with van der Waals surface area (Å²) in [5, 5.41) is 3.87. The van der Waals surface area contributed by atoms with Crippen LogP contribution in [-0.2, 0) is 0 Å². The van der Waals surface area contributed by atoms with E-state index < -0.39 is 0 Å². The first-order valence-electron chi connectivity index (χ1n) is 5.25. The molecule has 1 heterocycles. The molecule has 1 amide bonds. The maximum absolute atomic E-state index is 11.9. The maximum Gasteiger partial charge on any atom is 0.251 e. The van der Waals surface area contributed by atoms with Gasteiger partial charge in [0.15, 0.2) is 0 Å². The first-order chi connectivity index (χ1) is 7.46. The molecule has 0 saturated heterocycles. The number of amides is 1. The molecule has 3 nitrogen and oxygen atoms in total.